The van der Waals surface area contributed by atoms with Crippen LogP contribution in [0.15, 0.2) is 24.3 Å². The summed E-state index contributed by atoms with van der Waals surface area (Å²) < 4.78 is 0. The van der Waals surface area contributed by atoms with E-state index in [0.29, 0.717) is 31.6 Å². The van der Waals surface area contributed by atoms with Crippen molar-refractivity contribution in [2.75, 3.05) is 5.32 Å². The van der Waals surface area contributed by atoms with Crippen LogP contribution in [0.5, 0.6) is 0 Å². The third-order valence-corrected chi connectivity index (χ3v) is 4.08. The monoisotopic (exact) mass is 287 g/mol. The minimum absolute atomic E-state index is 0.0853. The Morgan fingerprint density at radius 1 is 1.14 bits per heavy atom. The van der Waals surface area contributed by atoms with E-state index < -0.39 is 5.97 Å². The highest BCUT2D eigenvalue weighted by Gasteiger charge is 2.30. The number of aromatic nitrogens is 2. The molecule has 3 rings (SSSR count). The number of anilines is 1. The van der Waals surface area contributed by atoms with Crippen molar-refractivity contribution in [1.29, 1.82) is 0 Å². The second kappa shape index (κ2) is 5.55. The highest BCUT2D eigenvalue weighted by Crippen LogP contribution is 2.29. The molecular formula is C15H17N3O3. The van der Waals surface area contributed by atoms with Crippen LogP contribution in [0.2, 0.25) is 0 Å². The minimum atomic E-state index is -0.758. The molecule has 6 heteroatoms. The number of carboxylic acids is 1. The summed E-state index contributed by atoms with van der Waals surface area (Å²) in [7, 11) is 0. The molecule has 6 nitrogen and oxygen atoms in total. The summed E-state index contributed by atoms with van der Waals surface area (Å²) in [4.78, 5) is 30.5. The second-order valence-corrected chi connectivity index (χ2v) is 5.48. The Morgan fingerprint density at radius 2 is 1.81 bits per heavy atom. The van der Waals surface area contributed by atoms with E-state index in [4.69, 9.17) is 5.11 Å². The number of nitrogens with zero attached hydrogens (tertiary/aromatic N) is 1. The first-order valence-electron chi connectivity index (χ1n) is 7.12. The fourth-order valence-corrected chi connectivity index (χ4v) is 2.83. The number of hydrogen-bond donors (Lipinski definition) is 3. The van der Waals surface area contributed by atoms with Crippen molar-refractivity contribution in [3.63, 3.8) is 0 Å². The van der Waals surface area contributed by atoms with Crippen molar-refractivity contribution in [1.82, 2.24) is 9.97 Å². The summed E-state index contributed by atoms with van der Waals surface area (Å²) in [5.41, 5.74) is 1.68. The number of hydrogen-bond acceptors (Lipinski definition) is 3. The van der Waals surface area contributed by atoms with Gasteiger partial charge in [-0.2, -0.15) is 0 Å². The number of aliphatic carboxylic acids is 1. The van der Waals surface area contributed by atoms with Crippen LogP contribution < -0.4 is 5.32 Å². The normalized spacial score (nSPS) is 22.1. The molecule has 1 heterocycles. The number of H-pyrrole nitrogens is 1. The van der Waals surface area contributed by atoms with Gasteiger partial charge < -0.3 is 10.1 Å². The number of amides is 1. The Hall–Kier alpha value is -2.37. The molecule has 0 aliphatic heterocycles. The zero-order valence-electron chi connectivity index (χ0n) is 11.5. The van der Waals surface area contributed by atoms with Crippen LogP contribution in [-0.4, -0.2) is 27.0 Å². The molecule has 0 spiro atoms. The summed E-state index contributed by atoms with van der Waals surface area (Å²) in [5, 5.41) is 11.8. The molecule has 1 amide bonds. The molecule has 21 heavy (non-hydrogen) atoms. The van der Waals surface area contributed by atoms with Crippen LogP contribution in [0, 0.1) is 11.8 Å². The second-order valence-electron chi connectivity index (χ2n) is 5.48. The standard InChI is InChI=1S/C15H17N3O3/c19-13(9-5-7-10(8-6-9)14(20)21)18-15-16-11-3-1-2-4-12(11)17-15/h1-4,9-10H,5-8H2,(H,20,21)(H2,16,17,18,19). The maximum absolute atomic E-state index is 12.2. The average Bonchev–Trinajstić information content (AvgIpc) is 2.89. The van der Waals surface area contributed by atoms with Gasteiger partial charge in [0.2, 0.25) is 11.9 Å². The molecular weight excluding hydrogens is 270 g/mol. The van der Waals surface area contributed by atoms with Gasteiger partial charge in [-0.05, 0) is 37.8 Å². The zero-order valence-corrected chi connectivity index (χ0v) is 11.5. The summed E-state index contributed by atoms with van der Waals surface area (Å²) in [6, 6.07) is 7.57. The van der Waals surface area contributed by atoms with Gasteiger partial charge in [0.25, 0.3) is 0 Å². The number of aromatic amines is 1. The predicted octanol–water partition coefficient (Wildman–Crippen LogP) is 2.39. The van der Waals surface area contributed by atoms with E-state index in [0.717, 1.165) is 11.0 Å². The Morgan fingerprint density at radius 3 is 2.48 bits per heavy atom. The fraction of sp³-hybridized carbons (Fsp3) is 0.400. The van der Waals surface area contributed by atoms with E-state index >= 15 is 0 Å². The number of fused-ring (bicyclic) bond motifs is 1. The number of benzene rings is 1. The molecule has 1 aliphatic carbocycles. The average molecular weight is 287 g/mol. The summed E-state index contributed by atoms with van der Waals surface area (Å²) >= 11 is 0. The van der Waals surface area contributed by atoms with Crippen LogP contribution >= 0.6 is 0 Å². The van der Waals surface area contributed by atoms with Gasteiger partial charge in [0, 0.05) is 5.92 Å². The lowest BCUT2D eigenvalue weighted by Gasteiger charge is -2.24. The van der Waals surface area contributed by atoms with Gasteiger partial charge in [-0.15, -0.1) is 0 Å². The van der Waals surface area contributed by atoms with Crippen molar-refractivity contribution in [3.8, 4) is 0 Å². The number of carbonyl (C=O) groups excluding carboxylic acids is 1. The molecule has 1 aliphatic rings. The van der Waals surface area contributed by atoms with Gasteiger partial charge in [0.05, 0.1) is 17.0 Å². The van der Waals surface area contributed by atoms with Gasteiger partial charge >= 0.3 is 5.97 Å². The van der Waals surface area contributed by atoms with E-state index in [1.54, 1.807) is 0 Å². The molecule has 3 N–H and O–H groups in total. The molecule has 2 aromatic rings. The lowest BCUT2D eigenvalue weighted by Crippen LogP contribution is -2.29. The van der Waals surface area contributed by atoms with Gasteiger partial charge in [0.15, 0.2) is 0 Å². The maximum atomic E-state index is 12.2. The summed E-state index contributed by atoms with van der Waals surface area (Å²) in [6.45, 7) is 0. The van der Waals surface area contributed by atoms with Gasteiger partial charge in [-0.3, -0.25) is 14.9 Å². The largest absolute Gasteiger partial charge is 0.481 e. The van der Waals surface area contributed by atoms with E-state index in [1.807, 2.05) is 24.3 Å². The quantitative estimate of drug-likeness (QED) is 0.807. The van der Waals surface area contributed by atoms with Crippen molar-refractivity contribution in [3.05, 3.63) is 24.3 Å². The van der Waals surface area contributed by atoms with E-state index in [1.165, 1.54) is 0 Å². The van der Waals surface area contributed by atoms with E-state index in [2.05, 4.69) is 15.3 Å². The Bertz CT molecular complexity index is 639. The molecule has 0 saturated heterocycles. The third-order valence-electron chi connectivity index (χ3n) is 4.08. The molecule has 0 atom stereocenters. The molecule has 1 aromatic heterocycles. The number of nitrogens with one attached hydrogen (secondary N) is 2. The number of imidazole rings is 1. The smallest absolute Gasteiger partial charge is 0.306 e. The van der Waals surface area contributed by atoms with Crippen molar-refractivity contribution < 1.29 is 14.7 Å². The van der Waals surface area contributed by atoms with Crippen molar-refractivity contribution in [2.45, 2.75) is 25.7 Å². The van der Waals surface area contributed by atoms with Crippen LogP contribution in [0.1, 0.15) is 25.7 Å². The van der Waals surface area contributed by atoms with Gasteiger partial charge in [0.1, 0.15) is 0 Å². The molecule has 0 bridgehead atoms. The molecule has 1 aromatic carbocycles. The van der Waals surface area contributed by atoms with Crippen molar-refractivity contribution in [2.24, 2.45) is 11.8 Å². The number of rotatable bonds is 3. The number of carbonyl (C=O) groups is 2. The predicted molar refractivity (Wildman–Crippen MR) is 77.8 cm³/mol. The van der Waals surface area contributed by atoms with Gasteiger partial charge in [-0.1, -0.05) is 12.1 Å². The summed E-state index contributed by atoms with van der Waals surface area (Å²) in [6.07, 6.45) is 2.35. The molecule has 110 valence electrons. The number of para-hydroxylation sites is 2. The SMILES string of the molecule is O=C(O)C1CCC(C(=O)Nc2nc3ccccc3[nH]2)CC1. The Balaban J connectivity index is 1.63. The maximum Gasteiger partial charge on any atom is 0.306 e. The zero-order chi connectivity index (χ0) is 14.8. The van der Waals surface area contributed by atoms with E-state index in [-0.39, 0.29) is 17.7 Å². The van der Waals surface area contributed by atoms with Crippen LogP contribution in [0.4, 0.5) is 5.95 Å². The molecule has 1 saturated carbocycles. The molecule has 0 unspecified atom stereocenters. The van der Waals surface area contributed by atoms with Crippen molar-refractivity contribution >= 4 is 28.9 Å². The lowest BCUT2D eigenvalue weighted by molar-refractivity contribution is -0.143. The topological polar surface area (TPSA) is 95.1 Å². The van der Waals surface area contributed by atoms with E-state index in [9.17, 15) is 9.59 Å². The van der Waals surface area contributed by atoms with Crippen LogP contribution in [-0.2, 0) is 9.59 Å². The molecule has 1 fully saturated rings. The fourth-order valence-electron chi connectivity index (χ4n) is 2.83. The third kappa shape index (κ3) is 2.89. The first-order chi connectivity index (χ1) is 10.1. The first kappa shape index (κ1) is 13.6. The first-order valence-corrected chi connectivity index (χ1v) is 7.12. The Labute approximate surface area is 121 Å². The lowest BCUT2D eigenvalue weighted by atomic mass is 9.81. The van der Waals surface area contributed by atoms with Gasteiger partial charge in [-0.25, -0.2) is 4.98 Å². The number of carboxylic acid groups (broad SMARTS) is 1. The Kier molecular flexibility index (Phi) is 3.60. The summed E-state index contributed by atoms with van der Waals surface area (Å²) in [5.74, 6) is -0.834. The van der Waals surface area contributed by atoms with Crippen LogP contribution in [0.3, 0.4) is 0 Å². The highest BCUT2D eigenvalue weighted by atomic mass is 16.4. The molecule has 0 radical (unpaired) electrons. The van der Waals surface area contributed by atoms with Crippen LogP contribution in [0.25, 0.3) is 11.0 Å². The minimum Gasteiger partial charge on any atom is -0.481 e. The highest BCUT2D eigenvalue weighted by molar-refractivity contribution is 5.92.